The van der Waals surface area contributed by atoms with E-state index in [1.54, 1.807) is 0 Å². The minimum absolute atomic E-state index is 0.246. The molecule has 15 heavy (non-hydrogen) atoms. The molecule has 0 aliphatic carbocycles. The molecule has 4 heteroatoms. The van der Waals surface area contributed by atoms with Crippen LogP contribution in [0.15, 0.2) is 0 Å². The maximum absolute atomic E-state index is 11.9. The first-order valence-corrected chi connectivity index (χ1v) is 5.88. The Kier molecular flexibility index (Phi) is 3.59. The first kappa shape index (κ1) is 10.9. The molecule has 0 radical (unpaired) electrons. The summed E-state index contributed by atoms with van der Waals surface area (Å²) in [7, 11) is 0. The number of carbonyl (C=O) groups is 1. The summed E-state index contributed by atoms with van der Waals surface area (Å²) in [5.74, 6) is 1.14. The Morgan fingerprint density at radius 3 is 2.93 bits per heavy atom. The molecule has 1 N–H and O–H groups in total. The van der Waals surface area contributed by atoms with Gasteiger partial charge in [0.15, 0.2) is 0 Å². The van der Waals surface area contributed by atoms with E-state index in [2.05, 4.69) is 5.32 Å². The Hall–Kier alpha value is -0.610. The minimum Gasteiger partial charge on any atom is -0.381 e. The van der Waals surface area contributed by atoms with Gasteiger partial charge in [-0.15, -0.1) is 0 Å². The van der Waals surface area contributed by atoms with Crippen molar-refractivity contribution in [3.63, 3.8) is 0 Å². The highest BCUT2D eigenvalue weighted by Gasteiger charge is 2.33. The summed E-state index contributed by atoms with van der Waals surface area (Å²) in [4.78, 5) is 13.9. The van der Waals surface area contributed by atoms with Crippen molar-refractivity contribution in [2.45, 2.75) is 13.3 Å². The summed E-state index contributed by atoms with van der Waals surface area (Å²) < 4.78 is 5.40. The molecule has 0 aromatic heterocycles. The van der Waals surface area contributed by atoms with Crippen LogP contribution < -0.4 is 5.32 Å². The second kappa shape index (κ2) is 4.94. The average molecular weight is 212 g/mol. The van der Waals surface area contributed by atoms with Gasteiger partial charge >= 0.3 is 0 Å². The van der Waals surface area contributed by atoms with Crippen molar-refractivity contribution >= 4 is 5.91 Å². The Morgan fingerprint density at radius 2 is 2.33 bits per heavy atom. The molecule has 2 rings (SSSR count). The van der Waals surface area contributed by atoms with Gasteiger partial charge in [0, 0.05) is 38.7 Å². The molecule has 1 amide bonds. The van der Waals surface area contributed by atoms with Crippen LogP contribution in [0.5, 0.6) is 0 Å². The maximum atomic E-state index is 11.9. The molecule has 1 unspecified atom stereocenters. The third kappa shape index (κ3) is 2.49. The zero-order valence-electron chi connectivity index (χ0n) is 9.37. The predicted molar refractivity (Wildman–Crippen MR) is 57.5 cm³/mol. The highest BCUT2D eigenvalue weighted by atomic mass is 16.5. The number of amides is 1. The van der Waals surface area contributed by atoms with Crippen molar-refractivity contribution in [1.29, 1.82) is 0 Å². The van der Waals surface area contributed by atoms with Gasteiger partial charge in [-0.3, -0.25) is 4.79 Å². The minimum atomic E-state index is 0.246. The highest BCUT2D eigenvalue weighted by molar-refractivity contribution is 5.80. The molecule has 2 heterocycles. The van der Waals surface area contributed by atoms with E-state index in [1.165, 1.54) is 0 Å². The lowest BCUT2D eigenvalue weighted by atomic mass is 10.0. The molecule has 0 aromatic carbocycles. The van der Waals surface area contributed by atoms with E-state index in [1.807, 2.05) is 11.8 Å². The van der Waals surface area contributed by atoms with Gasteiger partial charge in [0.05, 0.1) is 12.5 Å². The molecule has 0 spiro atoms. The number of hydrogen-bond donors (Lipinski definition) is 1. The van der Waals surface area contributed by atoms with Crippen LogP contribution in [0.2, 0.25) is 0 Å². The second-order valence-corrected chi connectivity index (χ2v) is 4.45. The first-order chi connectivity index (χ1) is 7.31. The van der Waals surface area contributed by atoms with Crippen LogP contribution in [0.3, 0.4) is 0 Å². The molecule has 0 bridgehead atoms. The van der Waals surface area contributed by atoms with E-state index >= 15 is 0 Å². The Morgan fingerprint density at radius 1 is 1.53 bits per heavy atom. The second-order valence-electron chi connectivity index (χ2n) is 4.45. The fourth-order valence-corrected chi connectivity index (χ4v) is 2.17. The van der Waals surface area contributed by atoms with E-state index in [9.17, 15) is 4.79 Å². The summed E-state index contributed by atoms with van der Waals surface area (Å²) in [6.07, 6.45) is 1.10. The van der Waals surface area contributed by atoms with Gasteiger partial charge in [0.25, 0.3) is 0 Å². The SMILES string of the molecule is CCOCC1CCN(C(=O)C2CNC2)C1. The van der Waals surface area contributed by atoms with Gasteiger partial charge in [-0.1, -0.05) is 0 Å². The van der Waals surface area contributed by atoms with Gasteiger partial charge < -0.3 is 15.0 Å². The molecule has 2 fully saturated rings. The standard InChI is InChI=1S/C11H20N2O2/c1-2-15-8-9-3-4-13(7-9)11(14)10-5-12-6-10/h9-10,12H,2-8H2,1H3. The van der Waals surface area contributed by atoms with E-state index in [-0.39, 0.29) is 5.92 Å². The number of likely N-dealkylation sites (tertiary alicyclic amines) is 1. The van der Waals surface area contributed by atoms with Crippen molar-refractivity contribution in [2.75, 3.05) is 39.4 Å². The monoisotopic (exact) mass is 212 g/mol. The van der Waals surface area contributed by atoms with Crippen LogP contribution in [0.4, 0.5) is 0 Å². The quantitative estimate of drug-likeness (QED) is 0.718. The number of ether oxygens (including phenoxy) is 1. The van der Waals surface area contributed by atoms with E-state index in [0.717, 1.165) is 45.8 Å². The molecule has 0 aromatic rings. The van der Waals surface area contributed by atoms with Gasteiger partial charge in [0.2, 0.25) is 5.91 Å². The van der Waals surface area contributed by atoms with E-state index in [4.69, 9.17) is 4.74 Å². The average Bonchev–Trinajstić information content (AvgIpc) is 2.60. The van der Waals surface area contributed by atoms with E-state index < -0.39 is 0 Å². The first-order valence-electron chi connectivity index (χ1n) is 5.88. The molecule has 2 aliphatic heterocycles. The van der Waals surface area contributed by atoms with Gasteiger partial charge in [-0.25, -0.2) is 0 Å². The topological polar surface area (TPSA) is 41.6 Å². The van der Waals surface area contributed by atoms with Crippen molar-refractivity contribution in [3.05, 3.63) is 0 Å². The third-order valence-corrected chi connectivity index (χ3v) is 3.29. The summed E-state index contributed by atoms with van der Waals surface area (Å²) >= 11 is 0. The number of nitrogens with zero attached hydrogens (tertiary/aromatic N) is 1. The molecule has 2 aliphatic rings. The van der Waals surface area contributed by atoms with Gasteiger partial charge in [0.1, 0.15) is 0 Å². The Bertz CT molecular complexity index is 229. The van der Waals surface area contributed by atoms with Crippen molar-refractivity contribution in [1.82, 2.24) is 10.2 Å². The summed E-state index contributed by atoms with van der Waals surface area (Å²) in [6, 6.07) is 0. The molecule has 0 saturated carbocycles. The summed E-state index contributed by atoms with van der Waals surface area (Å²) in [5, 5.41) is 3.14. The van der Waals surface area contributed by atoms with Crippen LogP contribution in [0.1, 0.15) is 13.3 Å². The molecule has 86 valence electrons. The third-order valence-electron chi connectivity index (χ3n) is 3.29. The predicted octanol–water partition coefficient (Wildman–Crippen LogP) is 0.0908. The number of hydrogen-bond acceptors (Lipinski definition) is 3. The maximum Gasteiger partial charge on any atom is 0.228 e. The molecular weight excluding hydrogens is 192 g/mol. The number of carbonyl (C=O) groups excluding carboxylic acids is 1. The summed E-state index contributed by atoms with van der Waals surface area (Å²) in [6.45, 7) is 7.15. The van der Waals surface area contributed by atoms with Crippen molar-refractivity contribution in [2.24, 2.45) is 11.8 Å². The van der Waals surface area contributed by atoms with Gasteiger partial charge in [-0.2, -0.15) is 0 Å². The van der Waals surface area contributed by atoms with Crippen molar-refractivity contribution in [3.8, 4) is 0 Å². The largest absolute Gasteiger partial charge is 0.381 e. The normalized spacial score (nSPS) is 26.7. The Labute approximate surface area is 91.0 Å². The van der Waals surface area contributed by atoms with Crippen LogP contribution in [0.25, 0.3) is 0 Å². The number of nitrogens with one attached hydrogen (secondary N) is 1. The highest BCUT2D eigenvalue weighted by Crippen LogP contribution is 2.19. The van der Waals surface area contributed by atoms with Crippen LogP contribution in [-0.2, 0) is 9.53 Å². The zero-order valence-corrected chi connectivity index (χ0v) is 9.37. The lowest BCUT2D eigenvalue weighted by molar-refractivity contribution is -0.136. The molecule has 2 saturated heterocycles. The summed E-state index contributed by atoms with van der Waals surface area (Å²) in [5.41, 5.74) is 0. The Balaban J connectivity index is 1.73. The fourth-order valence-electron chi connectivity index (χ4n) is 2.17. The van der Waals surface area contributed by atoms with Gasteiger partial charge in [-0.05, 0) is 13.3 Å². The smallest absolute Gasteiger partial charge is 0.228 e. The lowest BCUT2D eigenvalue weighted by Gasteiger charge is -2.30. The molecular formula is C11H20N2O2. The lowest BCUT2D eigenvalue weighted by Crippen LogP contribution is -2.51. The molecule has 4 nitrogen and oxygen atoms in total. The van der Waals surface area contributed by atoms with Crippen LogP contribution >= 0.6 is 0 Å². The van der Waals surface area contributed by atoms with Crippen molar-refractivity contribution < 1.29 is 9.53 Å². The zero-order chi connectivity index (χ0) is 10.7. The van der Waals surface area contributed by atoms with Crippen LogP contribution in [0, 0.1) is 11.8 Å². The fraction of sp³-hybridized carbons (Fsp3) is 0.909. The van der Waals surface area contributed by atoms with Crippen LogP contribution in [-0.4, -0.2) is 50.2 Å². The molecule has 1 atom stereocenters. The van der Waals surface area contributed by atoms with E-state index in [0.29, 0.717) is 11.8 Å². The number of rotatable bonds is 4.